The summed E-state index contributed by atoms with van der Waals surface area (Å²) < 4.78 is 40.8. The van der Waals surface area contributed by atoms with Crippen LogP contribution < -0.4 is 26.1 Å². The molecule has 0 aliphatic heterocycles. The van der Waals surface area contributed by atoms with Crippen molar-refractivity contribution in [3.8, 4) is 39.8 Å². The number of nitrogens with two attached hydrogens (primary N) is 1. The molecule has 1 amide bonds. The largest absolute Gasteiger partial charge is 0.507 e. The number of carbonyl (C=O) groups is 1. The zero-order valence-electron chi connectivity index (χ0n) is 22.2. The first-order chi connectivity index (χ1) is 20.2. The number of amides is 1. The van der Waals surface area contributed by atoms with Gasteiger partial charge < -0.3 is 25.6 Å². The summed E-state index contributed by atoms with van der Waals surface area (Å²) in [6, 6.07) is 18.0. The van der Waals surface area contributed by atoms with E-state index in [0.29, 0.717) is 16.8 Å². The van der Waals surface area contributed by atoms with Crippen LogP contribution in [0.15, 0.2) is 96.1 Å². The van der Waals surface area contributed by atoms with Crippen LogP contribution in [0.25, 0.3) is 16.8 Å². The maximum Gasteiger partial charge on any atom is 0.271 e. The first kappa shape index (κ1) is 27.8. The van der Waals surface area contributed by atoms with Gasteiger partial charge in [-0.2, -0.15) is 0 Å². The predicted molar refractivity (Wildman–Crippen MR) is 153 cm³/mol. The van der Waals surface area contributed by atoms with Crippen molar-refractivity contribution in [1.82, 2.24) is 9.55 Å². The van der Waals surface area contributed by atoms with Gasteiger partial charge in [0.25, 0.3) is 11.5 Å². The van der Waals surface area contributed by atoms with Gasteiger partial charge in [-0.25, -0.2) is 13.8 Å². The molecule has 0 atom stereocenters. The first-order valence-electron chi connectivity index (χ1n) is 12.7. The first-order valence-corrected chi connectivity index (χ1v) is 12.7. The molecular weight excluding hydrogens is 546 g/mol. The van der Waals surface area contributed by atoms with E-state index in [2.05, 4.69) is 10.3 Å². The minimum absolute atomic E-state index is 0.0303. The maximum atomic E-state index is 15.1. The summed E-state index contributed by atoms with van der Waals surface area (Å²) in [5, 5.41) is 12.8. The Kier molecular flexibility index (Phi) is 7.82. The van der Waals surface area contributed by atoms with Gasteiger partial charge in [0.1, 0.15) is 34.4 Å². The molecule has 5 aromatic rings. The number of pyridine rings is 2. The number of aromatic hydroxyl groups is 1. The molecule has 0 saturated heterocycles. The lowest BCUT2D eigenvalue weighted by Crippen LogP contribution is -2.29. The Balaban J connectivity index is 1.39. The number of nitrogen functional groups attached to an aromatic ring is 1. The molecule has 3 aromatic carbocycles. The summed E-state index contributed by atoms with van der Waals surface area (Å²) in [6.45, 7) is 1.89. The van der Waals surface area contributed by atoms with Crippen LogP contribution in [0.4, 0.5) is 20.3 Å². The lowest BCUT2D eigenvalue weighted by molar-refractivity contribution is 0.102. The Morgan fingerprint density at radius 2 is 1.79 bits per heavy atom. The lowest BCUT2D eigenvalue weighted by Gasteiger charge is -2.14. The van der Waals surface area contributed by atoms with Crippen LogP contribution in [0.3, 0.4) is 0 Å². The Morgan fingerprint density at radius 1 is 1.00 bits per heavy atom. The molecule has 0 fully saturated rings. The van der Waals surface area contributed by atoms with Gasteiger partial charge in [-0.15, -0.1) is 0 Å². The molecule has 2 heterocycles. The van der Waals surface area contributed by atoms with Crippen LogP contribution in [0.2, 0.25) is 0 Å². The van der Waals surface area contributed by atoms with Gasteiger partial charge in [0, 0.05) is 35.4 Å². The number of rotatable bonds is 8. The van der Waals surface area contributed by atoms with Crippen molar-refractivity contribution in [2.45, 2.75) is 6.92 Å². The van der Waals surface area contributed by atoms with Gasteiger partial charge in [-0.1, -0.05) is 0 Å². The Labute approximate surface area is 238 Å². The Hall–Kier alpha value is -5.71. The minimum atomic E-state index is -0.826. The Bertz CT molecular complexity index is 1840. The van der Waals surface area contributed by atoms with Crippen molar-refractivity contribution in [1.29, 1.82) is 0 Å². The van der Waals surface area contributed by atoms with E-state index in [1.54, 1.807) is 19.1 Å². The molecule has 0 aliphatic carbocycles. The number of nitrogens with zero attached hydrogens (tertiary/aromatic N) is 2. The average Bonchev–Trinajstić information content (AvgIpc) is 2.96. The van der Waals surface area contributed by atoms with E-state index in [0.717, 1.165) is 6.07 Å². The third kappa shape index (κ3) is 5.89. The number of ether oxygens (including phenoxy) is 2. The SMILES string of the molecule is CCOc1ccn(-c2ccc(F)cc2)c(=O)c1C(=O)Nc1ccc(Oc2ccc(O)c(-c3ccnc(N)c3)c2)c(F)c1. The number of hydrogen-bond acceptors (Lipinski definition) is 7. The fourth-order valence-electron chi connectivity index (χ4n) is 4.22. The third-order valence-electron chi connectivity index (χ3n) is 6.16. The van der Waals surface area contributed by atoms with Crippen LogP contribution in [0, 0.1) is 11.6 Å². The standard InChI is InChI=1S/C31H24F2N4O5/c1-2-41-27-12-14-37(21-6-3-19(32)4-7-21)31(40)29(27)30(39)36-20-5-10-26(24(33)16-20)42-22-8-9-25(38)23(17-22)18-11-13-35-28(34)15-18/h3-17,38H,2H2,1H3,(H2,34,35)(H,36,39). The minimum Gasteiger partial charge on any atom is -0.507 e. The van der Waals surface area contributed by atoms with Crippen LogP contribution >= 0.6 is 0 Å². The number of halogens is 2. The van der Waals surface area contributed by atoms with Crippen LogP contribution in [-0.4, -0.2) is 27.2 Å². The van der Waals surface area contributed by atoms with Crippen LogP contribution in [0.5, 0.6) is 23.0 Å². The second-order valence-electron chi connectivity index (χ2n) is 8.99. The van der Waals surface area contributed by atoms with Crippen molar-refractivity contribution in [3.63, 3.8) is 0 Å². The number of anilines is 2. The van der Waals surface area contributed by atoms with E-state index >= 15 is 4.39 Å². The van der Waals surface area contributed by atoms with Crippen molar-refractivity contribution in [2.75, 3.05) is 17.7 Å². The zero-order valence-corrected chi connectivity index (χ0v) is 22.2. The quantitative estimate of drug-likeness (QED) is 0.212. The highest BCUT2D eigenvalue weighted by Gasteiger charge is 2.21. The summed E-state index contributed by atoms with van der Waals surface area (Å²) in [5.74, 6) is -1.73. The fraction of sp³-hybridized carbons (Fsp3) is 0.0645. The highest BCUT2D eigenvalue weighted by molar-refractivity contribution is 6.06. The average molecular weight is 571 g/mol. The van der Waals surface area contributed by atoms with Crippen molar-refractivity contribution < 1.29 is 28.2 Å². The highest BCUT2D eigenvalue weighted by atomic mass is 19.1. The molecule has 9 nitrogen and oxygen atoms in total. The van der Waals surface area contributed by atoms with Gasteiger partial charge in [0.2, 0.25) is 0 Å². The van der Waals surface area contributed by atoms with E-state index < -0.39 is 23.1 Å². The van der Waals surface area contributed by atoms with E-state index in [9.17, 15) is 19.1 Å². The number of carbonyl (C=O) groups excluding carboxylic acids is 1. The molecule has 0 spiro atoms. The van der Waals surface area contributed by atoms with Gasteiger partial charge in [-0.3, -0.25) is 14.2 Å². The molecule has 0 saturated carbocycles. The summed E-state index contributed by atoms with van der Waals surface area (Å²) >= 11 is 0. The molecular formula is C31H24F2N4O5. The molecule has 0 unspecified atom stereocenters. The maximum absolute atomic E-state index is 15.1. The smallest absolute Gasteiger partial charge is 0.271 e. The monoisotopic (exact) mass is 570 g/mol. The van der Waals surface area contributed by atoms with Gasteiger partial charge in [-0.05, 0) is 85.3 Å². The second-order valence-corrected chi connectivity index (χ2v) is 8.99. The number of nitrogens with one attached hydrogen (secondary N) is 1. The molecule has 0 aliphatic rings. The summed E-state index contributed by atoms with van der Waals surface area (Å²) in [6.07, 6.45) is 2.91. The molecule has 212 valence electrons. The number of phenolic OH excluding ortho intramolecular Hbond substituents is 1. The van der Waals surface area contributed by atoms with Gasteiger partial charge in [0.15, 0.2) is 11.6 Å². The van der Waals surface area contributed by atoms with E-state index in [-0.39, 0.29) is 46.7 Å². The molecule has 42 heavy (non-hydrogen) atoms. The summed E-state index contributed by atoms with van der Waals surface area (Å²) in [4.78, 5) is 30.4. The molecule has 4 N–H and O–H groups in total. The van der Waals surface area contributed by atoms with Crippen LogP contribution in [-0.2, 0) is 0 Å². The molecule has 11 heteroatoms. The normalized spacial score (nSPS) is 10.7. The molecule has 2 aromatic heterocycles. The zero-order chi connectivity index (χ0) is 29.8. The van der Waals surface area contributed by atoms with Crippen LogP contribution in [0.1, 0.15) is 17.3 Å². The number of phenols is 1. The van der Waals surface area contributed by atoms with Gasteiger partial charge in [0.05, 0.1) is 6.61 Å². The van der Waals surface area contributed by atoms with E-state index in [1.165, 1.54) is 77.6 Å². The summed E-state index contributed by atoms with van der Waals surface area (Å²) in [7, 11) is 0. The fourth-order valence-corrected chi connectivity index (χ4v) is 4.22. The van der Waals surface area contributed by atoms with E-state index in [4.69, 9.17) is 15.2 Å². The number of hydrogen-bond donors (Lipinski definition) is 3. The lowest BCUT2D eigenvalue weighted by atomic mass is 10.1. The molecule has 0 bridgehead atoms. The second kappa shape index (κ2) is 11.8. The summed E-state index contributed by atoms with van der Waals surface area (Å²) in [5.41, 5.74) is 6.13. The third-order valence-corrected chi connectivity index (χ3v) is 6.16. The topological polar surface area (TPSA) is 129 Å². The van der Waals surface area contributed by atoms with Gasteiger partial charge >= 0.3 is 0 Å². The predicted octanol–water partition coefficient (Wildman–Crippen LogP) is 5.91. The molecule has 5 rings (SSSR count). The van der Waals surface area contributed by atoms with Crippen molar-refractivity contribution in [2.24, 2.45) is 0 Å². The number of aromatic nitrogens is 2. The Morgan fingerprint density at radius 3 is 2.50 bits per heavy atom. The van der Waals surface area contributed by atoms with Crippen molar-refractivity contribution in [3.05, 3.63) is 119 Å². The molecule has 0 radical (unpaired) electrons. The number of benzene rings is 3. The van der Waals surface area contributed by atoms with E-state index in [1.807, 2.05) is 0 Å². The highest BCUT2D eigenvalue weighted by Crippen LogP contribution is 2.35. The van der Waals surface area contributed by atoms with Crippen molar-refractivity contribution >= 4 is 17.4 Å².